The number of hydrogen-bond donors (Lipinski definition) is 1. The van der Waals surface area contributed by atoms with E-state index >= 15 is 0 Å². The number of carbonyl (C=O) groups excluding carboxylic acids is 2. The smallest absolute Gasteiger partial charge is 0.255 e. The van der Waals surface area contributed by atoms with Crippen LogP contribution in [-0.2, 0) is 4.79 Å². The molecule has 0 saturated heterocycles. The summed E-state index contributed by atoms with van der Waals surface area (Å²) < 4.78 is 0. The van der Waals surface area contributed by atoms with E-state index in [1.165, 1.54) is 6.20 Å². The average Bonchev–Trinajstić information content (AvgIpc) is 2.57. The number of pyridine rings is 1. The molecule has 0 atom stereocenters. The summed E-state index contributed by atoms with van der Waals surface area (Å²) in [7, 11) is 0. The van der Waals surface area contributed by atoms with Gasteiger partial charge in [0.2, 0.25) is 5.91 Å². The second-order valence-electron chi connectivity index (χ2n) is 5.33. The maximum Gasteiger partial charge on any atom is 0.255 e. The second kappa shape index (κ2) is 8.08. The van der Waals surface area contributed by atoms with Crippen LogP contribution in [0.2, 0.25) is 0 Å². The third kappa shape index (κ3) is 4.64. The number of para-hydroxylation sites is 1. The van der Waals surface area contributed by atoms with Gasteiger partial charge in [-0.05, 0) is 37.1 Å². The molecule has 0 saturated carbocycles. The van der Waals surface area contributed by atoms with Crippen LogP contribution in [0.15, 0.2) is 48.8 Å². The highest BCUT2D eigenvalue weighted by Gasteiger charge is 2.18. The molecule has 0 aliphatic carbocycles. The van der Waals surface area contributed by atoms with Gasteiger partial charge in [0.1, 0.15) is 6.54 Å². The minimum absolute atomic E-state index is 0.0237. The van der Waals surface area contributed by atoms with Crippen molar-refractivity contribution in [2.24, 2.45) is 0 Å². The van der Waals surface area contributed by atoms with Crippen molar-refractivity contribution in [3.8, 4) is 0 Å². The first kappa shape index (κ1) is 16.7. The quantitative estimate of drug-likeness (QED) is 0.892. The van der Waals surface area contributed by atoms with Gasteiger partial charge in [-0.2, -0.15) is 0 Å². The van der Waals surface area contributed by atoms with E-state index in [2.05, 4.69) is 10.3 Å². The fourth-order valence-electron chi connectivity index (χ4n) is 2.27. The molecule has 0 fully saturated rings. The molecule has 0 aliphatic heterocycles. The normalized spacial score (nSPS) is 10.2. The lowest BCUT2D eigenvalue weighted by atomic mass is 10.2. The zero-order valence-corrected chi connectivity index (χ0v) is 13.5. The lowest BCUT2D eigenvalue weighted by Gasteiger charge is -2.21. The minimum Gasteiger partial charge on any atom is -0.329 e. The lowest BCUT2D eigenvalue weighted by Crippen LogP contribution is -2.38. The molecule has 1 aromatic heterocycles. The number of amides is 2. The van der Waals surface area contributed by atoms with E-state index in [1.54, 1.807) is 23.2 Å². The number of carbonyl (C=O) groups is 2. The lowest BCUT2D eigenvalue weighted by molar-refractivity contribution is -0.116. The van der Waals surface area contributed by atoms with Gasteiger partial charge in [0.25, 0.3) is 5.91 Å². The number of hydrogen-bond acceptors (Lipinski definition) is 3. The predicted molar refractivity (Wildman–Crippen MR) is 90.2 cm³/mol. The van der Waals surface area contributed by atoms with Gasteiger partial charge in [-0.3, -0.25) is 14.6 Å². The van der Waals surface area contributed by atoms with Crippen LogP contribution in [0, 0.1) is 6.92 Å². The third-order valence-electron chi connectivity index (χ3n) is 3.44. The van der Waals surface area contributed by atoms with Crippen LogP contribution in [0.25, 0.3) is 0 Å². The molecule has 0 radical (unpaired) electrons. The zero-order chi connectivity index (χ0) is 16.7. The Morgan fingerprint density at radius 3 is 2.61 bits per heavy atom. The Kier molecular flexibility index (Phi) is 5.86. The van der Waals surface area contributed by atoms with Crippen molar-refractivity contribution in [2.75, 3.05) is 18.4 Å². The van der Waals surface area contributed by atoms with Crippen LogP contribution in [0.4, 0.5) is 5.69 Å². The van der Waals surface area contributed by atoms with E-state index < -0.39 is 0 Å². The van der Waals surface area contributed by atoms with E-state index in [0.717, 1.165) is 17.7 Å². The highest BCUT2D eigenvalue weighted by atomic mass is 16.2. The van der Waals surface area contributed by atoms with Gasteiger partial charge < -0.3 is 10.2 Å². The van der Waals surface area contributed by atoms with Crippen molar-refractivity contribution in [3.05, 3.63) is 59.9 Å². The number of anilines is 1. The topological polar surface area (TPSA) is 62.3 Å². The standard InChI is InChI=1S/C18H21N3O2/c1-3-11-21(18(23)15-8-6-10-19-12-15)13-17(22)20-16-9-5-4-7-14(16)2/h4-10,12H,3,11,13H2,1-2H3,(H,20,22). The van der Waals surface area contributed by atoms with Gasteiger partial charge in [0.05, 0.1) is 5.56 Å². The molecule has 23 heavy (non-hydrogen) atoms. The number of benzene rings is 1. The summed E-state index contributed by atoms with van der Waals surface area (Å²) in [5.41, 5.74) is 2.24. The number of rotatable bonds is 6. The highest BCUT2D eigenvalue weighted by Crippen LogP contribution is 2.13. The van der Waals surface area contributed by atoms with Crippen molar-refractivity contribution in [1.29, 1.82) is 0 Å². The van der Waals surface area contributed by atoms with Gasteiger partial charge in [-0.25, -0.2) is 0 Å². The zero-order valence-electron chi connectivity index (χ0n) is 13.5. The van der Waals surface area contributed by atoms with E-state index in [-0.39, 0.29) is 18.4 Å². The molecular weight excluding hydrogens is 290 g/mol. The molecule has 0 spiro atoms. The Hall–Kier alpha value is -2.69. The summed E-state index contributed by atoms with van der Waals surface area (Å²) in [6, 6.07) is 11.0. The van der Waals surface area contributed by atoms with E-state index in [1.807, 2.05) is 38.1 Å². The molecule has 1 N–H and O–H groups in total. The van der Waals surface area contributed by atoms with Crippen LogP contribution in [-0.4, -0.2) is 34.8 Å². The number of nitrogens with zero attached hydrogens (tertiary/aromatic N) is 2. The van der Waals surface area contributed by atoms with Gasteiger partial charge >= 0.3 is 0 Å². The fraction of sp³-hybridized carbons (Fsp3) is 0.278. The van der Waals surface area contributed by atoms with Gasteiger partial charge in [0, 0.05) is 24.6 Å². The van der Waals surface area contributed by atoms with Crippen LogP contribution in [0.1, 0.15) is 29.3 Å². The van der Waals surface area contributed by atoms with Gasteiger partial charge in [-0.1, -0.05) is 25.1 Å². The Morgan fingerprint density at radius 1 is 1.17 bits per heavy atom. The van der Waals surface area contributed by atoms with Crippen molar-refractivity contribution >= 4 is 17.5 Å². The number of aromatic nitrogens is 1. The molecule has 2 rings (SSSR count). The molecule has 120 valence electrons. The Balaban J connectivity index is 2.05. The van der Waals surface area contributed by atoms with E-state index in [0.29, 0.717) is 12.1 Å². The average molecular weight is 311 g/mol. The van der Waals surface area contributed by atoms with Crippen LogP contribution in [0.3, 0.4) is 0 Å². The summed E-state index contributed by atoms with van der Waals surface area (Å²) in [6.07, 6.45) is 3.92. The van der Waals surface area contributed by atoms with Crippen LogP contribution >= 0.6 is 0 Å². The molecule has 1 aromatic carbocycles. The first-order valence-electron chi connectivity index (χ1n) is 7.66. The van der Waals surface area contributed by atoms with Gasteiger partial charge in [0.15, 0.2) is 0 Å². The first-order chi connectivity index (χ1) is 11.1. The summed E-state index contributed by atoms with van der Waals surface area (Å²) in [5.74, 6) is -0.384. The summed E-state index contributed by atoms with van der Waals surface area (Å²) in [5, 5.41) is 2.86. The Bertz CT molecular complexity index is 671. The molecule has 2 aromatic rings. The molecule has 1 heterocycles. The second-order valence-corrected chi connectivity index (χ2v) is 5.33. The van der Waals surface area contributed by atoms with Crippen molar-refractivity contribution < 1.29 is 9.59 Å². The SMILES string of the molecule is CCCN(CC(=O)Nc1ccccc1C)C(=O)c1cccnc1. The largest absolute Gasteiger partial charge is 0.329 e. The summed E-state index contributed by atoms with van der Waals surface area (Å²) in [4.78, 5) is 30.3. The number of aryl methyl sites for hydroxylation is 1. The number of nitrogens with one attached hydrogen (secondary N) is 1. The molecule has 5 heteroatoms. The molecular formula is C18H21N3O2. The van der Waals surface area contributed by atoms with Crippen molar-refractivity contribution in [3.63, 3.8) is 0 Å². The highest BCUT2D eigenvalue weighted by molar-refractivity contribution is 5.99. The monoisotopic (exact) mass is 311 g/mol. The van der Waals surface area contributed by atoms with E-state index in [4.69, 9.17) is 0 Å². The molecule has 2 amide bonds. The maximum atomic E-state index is 12.5. The Morgan fingerprint density at radius 2 is 1.96 bits per heavy atom. The van der Waals surface area contributed by atoms with Crippen molar-refractivity contribution in [1.82, 2.24) is 9.88 Å². The van der Waals surface area contributed by atoms with Gasteiger partial charge in [-0.15, -0.1) is 0 Å². The molecule has 0 bridgehead atoms. The summed E-state index contributed by atoms with van der Waals surface area (Å²) >= 11 is 0. The minimum atomic E-state index is -0.204. The van der Waals surface area contributed by atoms with E-state index in [9.17, 15) is 9.59 Å². The van der Waals surface area contributed by atoms with Crippen LogP contribution in [0.5, 0.6) is 0 Å². The first-order valence-corrected chi connectivity index (χ1v) is 7.66. The fourth-order valence-corrected chi connectivity index (χ4v) is 2.27. The predicted octanol–water partition coefficient (Wildman–Crippen LogP) is 2.88. The molecule has 5 nitrogen and oxygen atoms in total. The van der Waals surface area contributed by atoms with Crippen LogP contribution < -0.4 is 5.32 Å². The molecule has 0 aliphatic rings. The third-order valence-corrected chi connectivity index (χ3v) is 3.44. The molecule has 0 unspecified atom stereocenters. The summed E-state index contributed by atoms with van der Waals surface area (Å²) in [6.45, 7) is 4.45. The maximum absolute atomic E-state index is 12.5. The van der Waals surface area contributed by atoms with Crippen molar-refractivity contribution in [2.45, 2.75) is 20.3 Å². The Labute approximate surface area is 136 Å².